The molecule has 0 bridgehead atoms. The molecule has 8 heteroatoms. The maximum atomic E-state index is 12.9. The fourth-order valence-corrected chi connectivity index (χ4v) is 3.75. The molecule has 23 heavy (non-hydrogen) atoms. The number of halogens is 1. The zero-order valence-corrected chi connectivity index (χ0v) is 14.3. The Morgan fingerprint density at radius 1 is 1.35 bits per heavy atom. The van der Waals surface area contributed by atoms with Crippen molar-refractivity contribution in [2.24, 2.45) is 0 Å². The lowest BCUT2D eigenvalue weighted by Gasteiger charge is -2.22. The first-order valence-corrected chi connectivity index (χ1v) is 8.49. The minimum Gasteiger partial charge on any atom is -0.481 e. The van der Waals surface area contributed by atoms with Crippen LogP contribution in [0, 0.1) is 6.92 Å². The van der Waals surface area contributed by atoms with Crippen LogP contribution in [0.5, 0.6) is 5.88 Å². The van der Waals surface area contributed by atoms with Crippen LogP contribution in [0.3, 0.4) is 0 Å². The van der Waals surface area contributed by atoms with Crippen molar-refractivity contribution in [2.75, 3.05) is 18.0 Å². The minimum atomic E-state index is -3.94. The van der Waals surface area contributed by atoms with Crippen LogP contribution in [-0.2, 0) is 10.0 Å². The summed E-state index contributed by atoms with van der Waals surface area (Å²) in [5.74, 6) is 0.276. The number of aryl methyl sites for hydroxylation is 1. The zero-order valence-electron chi connectivity index (χ0n) is 12.7. The summed E-state index contributed by atoms with van der Waals surface area (Å²) in [4.78, 5) is 8.28. The third-order valence-electron chi connectivity index (χ3n) is 2.95. The molecule has 0 amide bonds. The molecule has 0 aliphatic rings. The van der Waals surface area contributed by atoms with Gasteiger partial charge in [0.1, 0.15) is 4.90 Å². The molecule has 2 rings (SSSR count). The minimum absolute atomic E-state index is 0.000163. The topological polar surface area (TPSA) is 72.4 Å². The van der Waals surface area contributed by atoms with Crippen LogP contribution < -0.4 is 9.04 Å². The van der Waals surface area contributed by atoms with Gasteiger partial charge in [0.2, 0.25) is 11.8 Å². The third kappa shape index (κ3) is 3.62. The number of anilines is 1. The molecule has 0 aliphatic heterocycles. The van der Waals surface area contributed by atoms with Crippen LogP contribution in [0.4, 0.5) is 5.95 Å². The molecule has 0 saturated carbocycles. The summed E-state index contributed by atoms with van der Waals surface area (Å²) in [5.41, 5.74) is 0.579. The monoisotopic (exact) mass is 353 g/mol. The van der Waals surface area contributed by atoms with Crippen LogP contribution >= 0.6 is 11.6 Å². The lowest BCUT2D eigenvalue weighted by molar-refractivity contribution is 0.396. The number of hydrogen-bond donors (Lipinski definition) is 0. The fourth-order valence-electron chi connectivity index (χ4n) is 1.92. The van der Waals surface area contributed by atoms with E-state index >= 15 is 0 Å². The van der Waals surface area contributed by atoms with Crippen LogP contribution in [0.25, 0.3) is 0 Å². The van der Waals surface area contributed by atoms with E-state index in [1.54, 1.807) is 25.1 Å². The highest BCUT2D eigenvalue weighted by molar-refractivity contribution is 7.93. The molecule has 1 aromatic carbocycles. The number of benzene rings is 1. The summed E-state index contributed by atoms with van der Waals surface area (Å²) in [5, 5.41) is 0.126. The Balaban J connectivity index is 2.61. The first kappa shape index (κ1) is 17.2. The highest BCUT2D eigenvalue weighted by Crippen LogP contribution is 2.27. The van der Waals surface area contributed by atoms with E-state index in [0.717, 1.165) is 4.31 Å². The highest BCUT2D eigenvalue weighted by atomic mass is 35.5. The number of methoxy groups -OCH3 is 1. The van der Waals surface area contributed by atoms with Crippen LogP contribution in [0.1, 0.15) is 5.69 Å². The van der Waals surface area contributed by atoms with Crippen LogP contribution in [-0.4, -0.2) is 32.0 Å². The predicted octanol–water partition coefficient (Wildman–Crippen LogP) is 2.83. The molecule has 2 aromatic rings. The van der Waals surface area contributed by atoms with E-state index in [1.165, 1.54) is 25.3 Å². The van der Waals surface area contributed by atoms with E-state index in [4.69, 9.17) is 16.3 Å². The molecule has 1 aromatic heterocycles. The fraction of sp³-hybridized carbons (Fsp3) is 0.200. The van der Waals surface area contributed by atoms with E-state index in [1.807, 2.05) is 0 Å². The van der Waals surface area contributed by atoms with Gasteiger partial charge < -0.3 is 4.74 Å². The molecule has 0 atom stereocenters. The van der Waals surface area contributed by atoms with Crippen molar-refractivity contribution >= 4 is 27.6 Å². The van der Waals surface area contributed by atoms with Gasteiger partial charge in [0.25, 0.3) is 10.0 Å². The van der Waals surface area contributed by atoms with E-state index in [0.29, 0.717) is 5.69 Å². The summed E-state index contributed by atoms with van der Waals surface area (Å²) in [7, 11) is -2.49. The van der Waals surface area contributed by atoms with Gasteiger partial charge in [-0.2, -0.15) is 4.98 Å². The average molecular weight is 354 g/mol. The summed E-state index contributed by atoms with van der Waals surface area (Å²) in [6.07, 6.45) is 1.45. The lowest BCUT2D eigenvalue weighted by atomic mass is 10.4. The summed E-state index contributed by atoms with van der Waals surface area (Å²) in [6, 6.07) is 7.81. The maximum Gasteiger partial charge on any atom is 0.268 e. The van der Waals surface area contributed by atoms with Crippen LogP contribution in [0.15, 0.2) is 47.9 Å². The van der Waals surface area contributed by atoms with Crippen molar-refractivity contribution in [3.63, 3.8) is 0 Å². The number of hydrogen-bond acceptors (Lipinski definition) is 5. The van der Waals surface area contributed by atoms with Gasteiger partial charge in [-0.1, -0.05) is 29.8 Å². The van der Waals surface area contributed by atoms with Gasteiger partial charge in [-0.25, -0.2) is 17.7 Å². The molecule has 122 valence electrons. The third-order valence-corrected chi connectivity index (χ3v) is 5.20. The SMILES string of the molecule is C=CCN(c1nc(C)cc(OC)n1)S(=O)(=O)c1ccccc1Cl. The summed E-state index contributed by atoms with van der Waals surface area (Å²) >= 11 is 6.03. The molecule has 0 radical (unpaired) electrons. The lowest BCUT2D eigenvalue weighted by Crippen LogP contribution is -2.33. The molecule has 0 N–H and O–H groups in total. The molecular weight excluding hydrogens is 338 g/mol. The van der Waals surface area contributed by atoms with Gasteiger partial charge in [-0.15, -0.1) is 6.58 Å². The Hall–Kier alpha value is -2.12. The number of aromatic nitrogens is 2. The van der Waals surface area contributed by atoms with Crippen molar-refractivity contribution in [3.8, 4) is 5.88 Å². The van der Waals surface area contributed by atoms with Gasteiger partial charge in [0.15, 0.2) is 0 Å². The second-order valence-electron chi connectivity index (χ2n) is 4.61. The van der Waals surface area contributed by atoms with Gasteiger partial charge in [0.05, 0.1) is 18.7 Å². The van der Waals surface area contributed by atoms with Crippen LogP contribution in [0.2, 0.25) is 5.02 Å². The molecular formula is C15H16ClN3O3S. The standard InChI is InChI=1S/C15H16ClN3O3S/c1-4-9-19(15-17-11(2)10-14(18-15)22-3)23(20,21)13-8-6-5-7-12(13)16/h4-8,10H,1,9H2,2-3H3. The first-order chi connectivity index (χ1) is 10.9. The molecule has 6 nitrogen and oxygen atoms in total. The second-order valence-corrected chi connectivity index (χ2v) is 6.84. The molecule has 0 spiro atoms. The van der Waals surface area contributed by atoms with Gasteiger partial charge in [-0.3, -0.25) is 0 Å². The Kier molecular flexibility index (Phi) is 5.23. The van der Waals surface area contributed by atoms with Crippen molar-refractivity contribution in [3.05, 3.63) is 53.7 Å². The first-order valence-electron chi connectivity index (χ1n) is 6.68. The van der Waals surface area contributed by atoms with Crippen molar-refractivity contribution < 1.29 is 13.2 Å². The van der Waals surface area contributed by atoms with Gasteiger partial charge in [0, 0.05) is 11.8 Å². The summed E-state index contributed by atoms with van der Waals surface area (Å²) < 4.78 is 32.0. The van der Waals surface area contributed by atoms with E-state index in [2.05, 4.69) is 16.5 Å². The molecule has 0 unspecified atom stereocenters. The molecule has 1 heterocycles. The number of ether oxygens (including phenoxy) is 1. The number of rotatable bonds is 6. The predicted molar refractivity (Wildman–Crippen MR) is 89.5 cm³/mol. The molecule has 0 aliphatic carbocycles. The van der Waals surface area contributed by atoms with Gasteiger partial charge in [-0.05, 0) is 19.1 Å². The van der Waals surface area contributed by atoms with E-state index < -0.39 is 10.0 Å². The largest absolute Gasteiger partial charge is 0.481 e. The normalized spacial score (nSPS) is 11.1. The Morgan fingerprint density at radius 3 is 2.65 bits per heavy atom. The van der Waals surface area contributed by atoms with Crippen molar-refractivity contribution in [2.45, 2.75) is 11.8 Å². The maximum absolute atomic E-state index is 12.9. The highest BCUT2D eigenvalue weighted by Gasteiger charge is 2.28. The zero-order chi connectivity index (χ0) is 17.0. The van der Waals surface area contributed by atoms with E-state index in [9.17, 15) is 8.42 Å². The Morgan fingerprint density at radius 2 is 2.04 bits per heavy atom. The molecule has 0 fully saturated rings. The number of nitrogens with zero attached hydrogens (tertiary/aromatic N) is 3. The summed E-state index contributed by atoms with van der Waals surface area (Å²) in [6.45, 7) is 5.32. The number of sulfonamides is 1. The Labute approximate surface area is 140 Å². The Bertz CT molecular complexity index is 824. The van der Waals surface area contributed by atoms with Crippen molar-refractivity contribution in [1.82, 2.24) is 9.97 Å². The quantitative estimate of drug-likeness (QED) is 0.747. The van der Waals surface area contributed by atoms with Crippen molar-refractivity contribution in [1.29, 1.82) is 0 Å². The van der Waals surface area contributed by atoms with Gasteiger partial charge >= 0.3 is 0 Å². The smallest absolute Gasteiger partial charge is 0.268 e. The second kappa shape index (κ2) is 6.97. The average Bonchev–Trinajstić information content (AvgIpc) is 2.51. The van der Waals surface area contributed by atoms with E-state index in [-0.39, 0.29) is 28.3 Å². The molecule has 0 saturated heterocycles.